The minimum atomic E-state index is -0.117. The van der Waals surface area contributed by atoms with Gasteiger partial charge in [0.15, 0.2) is 0 Å². The fourth-order valence-electron chi connectivity index (χ4n) is 2.66. The molecule has 2 heterocycles. The average molecular weight is 264 g/mol. The summed E-state index contributed by atoms with van der Waals surface area (Å²) in [5.41, 5.74) is -0.117. The highest BCUT2D eigenvalue weighted by molar-refractivity contribution is 5.90. The lowest BCUT2D eigenvalue weighted by molar-refractivity contribution is 0.0611. The molecule has 5 nitrogen and oxygen atoms in total. The summed E-state index contributed by atoms with van der Waals surface area (Å²) in [4.78, 5) is 18.6. The first-order chi connectivity index (χ1) is 8.77. The monoisotopic (exact) mass is 264 g/mol. The Morgan fingerprint density at radius 2 is 1.84 bits per heavy atom. The van der Waals surface area contributed by atoms with Crippen LogP contribution < -0.4 is 0 Å². The van der Waals surface area contributed by atoms with Gasteiger partial charge in [0, 0.05) is 18.5 Å². The van der Waals surface area contributed by atoms with Gasteiger partial charge in [-0.05, 0) is 18.3 Å². The third-order valence-corrected chi connectivity index (χ3v) is 3.54. The largest absolute Gasteiger partial charge is 0.335 e. The fourth-order valence-corrected chi connectivity index (χ4v) is 2.66. The second kappa shape index (κ2) is 4.94. The van der Waals surface area contributed by atoms with Gasteiger partial charge in [0.1, 0.15) is 5.82 Å². The molecule has 0 bridgehead atoms. The predicted octanol–water partition coefficient (Wildman–Crippen LogP) is 2.22. The number of nitrogens with zero attached hydrogens (tertiary/aromatic N) is 3. The van der Waals surface area contributed by atoms with Crippen LogP contribution in [0.25, 0.3) is 0 Å². The quantitative estimate of drug-likeness (QED) is 0.846. The third kappa shape index (κ3) is 3.14. The molecule has 0 radical (unpaired) electrons. The van der Waals surface area contributed by atoms with Crippen molar-refractivity contribution < 1.29 is 4.79 Å². The van der Waals surface area contributed by atoms with Crippen LogP contribution in [0.4, 0.5) is 0 Å². The predicted molar refractivity (Wildman–Crippen MR) is 73.9 cm³/mol. The first-order valence-corrected chi connectivity index (χ1v) is 6.99. The van der Waals surface area contributed by atoms with Crippen molar-refractivity contribution >= 4 is 5.91 Å². The maximum Gasteiger partial charge on any atom is 0.293 e. The number of piperidine rings is 1. The normalized spacial score (nSPS) is 24.6. The van der Waals surface area contributed by atoms with Crippen molar-refractivity contribution in [2.24, 2.45) is 11.8 Å². The van der Waals surface area contributed by atoms with E-state index in [1.165, 1.54) is 6.42 Å². The summed E-state index contributed by atoms with van der Waals surface area (Å²) in [5, 5.41) is 6.96. The van der Waals surface area contributed by atoms with E-state index in [0.717, 1.165) is 18.9 Å². The Bertz CT molecular complexity index is 450. The molecule has 0 spiro atoms. The van der Waals surface area contributed by atoms with Crippen LogP contribution >= 0.6 is 0 Å². The SMILES string of the molecule is CC1CC(C)CN(C(=O)c2n[nH]c(C(C)(C)C)n2)C1. The van der Waals surface area contributed by atoms with Crippen molar-refractivity contribution in [2.45, 2.75) is 46.5 Å². The molecule has 0 aromatic carbocycles. The van der Waals surface area contributed by atoms with Gasteiger partial charge in [-0.15, -0.1) is 5.10 Å². The topological polar surface area (TPSA) is 61.9 Å². The van der Waals surface area contributed by atoms with Crippen molar-refractivity contribution in [3.63, 3.8) is 0 Å². The number of likely N-dealkylation sites (tertiary alicyclic amines) is 1. The average Bonchev–Trinajstić information content (AvgIpc) is 2.75. The van der Waals surface area contributed by atoms with E-state index < -0.39 is 0 Å². The number of rotatable bonds is 1. The number of carbonyl (C=O) groups excluding carboxylic acids is 1. The molecule has 1 aliphatic rings. The first-order valence-electron chi connectivity index (χ1n) is 6.99. The van der Waals surface area contributed by atoms with Crippen molar-refractivity contribution in [1.29, 1.82) is 0 Å². The Labute approximate surface area is 114 Å². The van der Waals surface area contributed by atoms with Crippen LogP contribution in [0.1, 0.15) is 57.5 Å². The Morgan fingerprint density at radius 1 is 1.26 bits per heavy atom. The Morgan fingerprint density at radius 3 is 2.32 bits per heavy atom. The fraction of sp³-hybridized carbons (Fsp3) is 0.786. The zero-order valence-electron chi connectivity index (χ0n) is 12.5. The standard InChI is InChI=1S/C14H24N4O/c1-9-6-10(2)8-18(7-9)12(19)11-15-13(17-16-11)14(3,4)5/h9-10H,6-8H2,1-5H3,(H,15,16,17). The highest BCUT2D eigenvalue weighted by atomic mass is 16.2. The summed E-state index contributed by atoms with van der Waals surface area (Å²) in [6, 6.07) is 0. The first kappa shape index (κ1) is 14.0. The van der Waals surface area contributed by atoms with Crippen molar-refractivity contribution in [3.8, 4) is 0 Å². The Kier molecular flexibility index (Phi) is 3.65. The molecule has 1 aromatic heterocycles. The number of aromatic amines is 1. The molecule has 1 fully saturated rings. The molecule has 5 heteroatoms. The van der Waals surface area contributed by atoms with Gasteiger partial charge in [0.2, 0.25) is 5.82 Å². The summed E-state index contributed by atoms with van der Waals surface area (Å²) < 4.78 is 0. The Balaban J connectivity index is 2.13. The van der Waals surface area contributed by atoms with Gasteiger partial charge in [-0.2, -0.15) is 0 Å². The van der Waals surface area contributed by atoms with Crippen LogP contribution in [0.3, 0.4) is 0 Å². The molecule has 2 unspecified atom stereocenters. The zero-order valence-corrected chi connectivity index (χ0v) is 12.5. The van der Waals surface area contributed by atoms with E-state index in [4.69, 9.17) is 0 Å². The van der Waals surface area contributed by atoms with E-state index in [-0.39, 0.29) is 11.3 Å². The number of hydrogen-bond acceptors (Lipinski definition) is 3. The molecule has 2 rings (SSSR count). The highest BCUT2D eigenvalue weighted by Crippen LogP contribution is 2.22. The number of H-pyrrole nitrogens is 1. The lowest BCUT2D eigenvalue weighted by Crippen LogP contribution is -2.43. The van der Waals surface area contributed by atoms with Crippen LogP contribution in [0.15, 0.2) is 0 Å². The lowest BCUT2D eigenvalue weighted by Gasteiger charge is -2.34. The molecule has 1 aliphatic heterocycles. The van der Waals surface area contributed by atoms with E-state index in [0.29, 0.717) is 17.7 Å². The number of aromatic nitrogens is 3. The molecule has 1 aromatic rings. The summed E-state index contributed by atoms with van der Waals surface area (Å²) >= 11 is 0. The molecule has 1 saturated heterocycles. The van der Waals surface area contributed by atoms with Gasteiger partial charge in [-0.1, -0.05) is 34.6 Å². The van der Waals surface area contributed by atoms with Crippen LogP contribution in [0.5, 0.6) is 0 Å². The third-order valence-electron chi connectivity index (χ3n) is 3.54. The number of nitrogens with one attached hydrogen (secondary N) is 1. The van der Waals surface area contributed by atoms with Crippen LogP contribution in [0, 0.1) is 11.8 Å². The van der Waals surface area contributed by atoms with Gasteiger partial charge in [0.25, 0.3) is 5.91 Å². The maximum atomic E-state index is 12.4. The summed E-state index contributed by atoms with van der Waals surface area (Å²) in [6.45, 7) is 12.1. The van der Waals surface area contributed by atoms with Crippen molar-refractivity contribution in [2.75, 3.05) is 13.1 Å². The molecule has 0 aliphatic carbocycles. The zero-order chi connectivity index (χ0) is 14.2. The Hall–Kier alpha value is -1.39. The second-order valence-corrected chi connectivity index (χ2v) is 6.91. The highest BCUT2D eigenvalue weighted by Gasteiger charge is 2.29. The maximum absolute atomic E-state index is 12.4. The lowest BCUT2D eigenvalue weighted by atomic mass is 9.92. The number of amides is 1. The van der Waals surface area contributed by atoms with Crippen molar-refractivity contribution in [3.05, 3.63) is 11.6 Å². The van der Waals surface area contributed by atoms with E-state index >= 15 is 0 Å². The molecule has 2 atom stereocenters. The summed E-state index contributed by atoms with van der Waals surface area (Å²) in [6.07, 6.45) is 1.19. The molecule has 0 saturated carbocycles. The molecule has 106 valence electrons. The molecule has 19 heavy (non-hydrogen) atoms. The minimum Gasteiger partial charge on any atom is -0.335 e. The molecular weight excluding hydrogens is 240 g/mol. The summed E-state index contributed by atoms with van der Waals surface area (Å²) in [7, 11) is 0. The van der Waals surface area contributed by atoms with Crippen LogP contribution in [-0.2, 0) is 5.41 Å². The molecule has 1 N–H and O–H groups in total. The second-order valence-electron chi connectivity index (χ2n) is 6.91. The number of hydrogen-bond donors (Lipinski definition) is 1. The number of carbonyl (C=O) groups is 1. The van der Waals surface area contributed by atoms with Crippen LogP contribution in [-0.4, -0.2) is 39.1 Å². The van der Waals surface area contributed by atoms with Gasteiger partial charge in [-0.25, -0.2) is 4.98 Å². The van der Waals surface area contributed by atoms with E-state index in [9.17, 15) is 4.79 Å². The van der Waals surface area contributed by atoms with E-state index in [2.05, 4.69) is 29.0 Å². The van der Waals surface area contributed by atoms with E-state index in [1.54, 1.807) is 0 Å². The van der Waals surface area contributed by atoms with Gasteiger partial charge >= 0.3 is 0 Å². The van der Waals surface area contributed by atoms with Crippen molar-refractivity contribution in [1.82, 2.24) is 20.1 Å². The summed E-state index contributed by atoms with van der Waals surface area (Å²) in [5.74, 6) is 2.10. The van der Waals surface area contributed by atoms with Gasteiger partial charge in [-0.3, -0.25) is 9.89 Å². The van der Waals surface area contributed by atoms with Crippen LogP contribution in [0.2, 0.25) is 0 Å². The molecular formula is C14H24N4O. The molecule has 1 amide bonds. The smallest absolute Gasteiger partial charge is 0.293 e. The van der Waals surface area contributed by atoms with Gasteiger partial charge < -0.3 is 4.90 Å². The van der Waals surface area contributed by atoms with Gasteiger partial charge in [0.05, 0.1) is 0 Å². The minimum absolute atomic E-state index is 0.0508. The van der Waals surface area contributed by atoms with E-state index in [1.807, 2.05) is 25.7 Å².